The number of hydrogen-bond acceptors (Lipinski definition) is 7. The number of fused-ring (bicyclic) bond motifs is 3. The lowest BCUT2D eigenvalue weighted by atomic mass is 9.85. The Morgan fingerprint density at radius 3 is 2.81 bits per heavy atom. The topological polar surface area (TPSA) is 98.7 Å². The molecule has 8 nitrogen and oxygen atoms in total. The number of nitrogens with zero attached hydrogens (tertiary/aromatic N) is 5. The van der Waals surface area contributed by atoms with Gasteiger partial charge in [-0.15, -0.1) is 0 Å². The number of nitrogens with one attached hydrogen (secondary N) is 1. The number of pyridine rings is 2. The predicted octanol–water partition coefficient (Wildman–Crippen LogP) is 2.36. The highest BCUT2D eigenvalue weighted by Crippen LogP contribution is 2.34. The molecule has 0 aromatic carbocycles. The van der Waals surface area contributed by atoms with Crippen LogP contribution in [0.5, 0.6) is 5.75 Å². The van der Waals surface area contributed by atoms with Crippen LogP contribution < -0.4 is 15.0 Å². The highest BCUT2D eigenvalue weighted by molar-refractivity contribution is 5.85. The number of ether oxygens (including phenoxy) is 1. The molecule has 31 heavy (non-hydrogen) atoms. The third-order valence-electron chi connectivity index (χ3n) is 6.13. The van der Waals surface area contributed by atoms with E-state index < -0.39 is 5.60 Å². The van der Waals surface area contributed by atoms with Crippen LogP contribution in [0.15, 0.2) is 36.8 Å². The average Bonchev–Trinajstić information content (AvgIpc) is 3.14. The highest BCUT2D eigenvalue weighted by Gasteiger charge is 2.42. The quantitative estimate of drug-likeness (QED) is 0.656. The normalized spacial score (nSPS) is 22.8. The van der Waals surface area contributed by atoms with Gasteiger partial charge in [0.1, 0.15) is 24.2 Å². The van der Waals surface area contributed by atoms with Gasteiger partial charge in [-0.3, -0.25) is 0 Å². The largest absolute Gasteiger partial charge is 0.489 e. The molecule has 2 N–H and O–H groups in total. The Bertz CT molecular complexity index is 1150. The first-order chi connectivity index (χ1) is 14.8. The molecular weight excluding hydrogens is 392 g/mol. The van der Waals surface area contributed by atoms with Crippen molar-refractivity contribution in [2.45, 2.75) is 50.9 Å². The van der Waals surface area contributed by atoms with Gasteiger partial charge in [-0.05, 0) is 45.4 Å². The molecule has 160 valence electrons. The van der Waals surface area contributed by atoms with Crippen molar-refractivity contribution in [2.75, 3.05) is 18.1 Å². The summed E-state index contributed by atoms with van der Waals surface area (Å²) in [5, 5.41) is 27.5. The minimum atomic E-state index is -0.957. The van der Waals surface area contributed by atoms with Gasteiger partial charge in [0.25, 0.3) is 0 Å². The molecule has 3 fully saturated rings. The maximum atomic E-state index is 10.0. The van der Waals surface area contributed by atoms with Crippen molar-refractivity contribution in [3.63, 3.8) is 0 Å². The van der Waals surface area contributed by atoms with Crippen LogP contribution in [-0.4, -0.2) is 56.6 Å². The summed E-state index contributed by atoms with van der Waals surface area (Å²) in [4.78, 5) is 7.11. The summed E-state index contributed by atoms with van der Waals surface area (Å²) in [5.74, 6) is 1.53. The van der Waals surface area contributed by atoms with E-state index in [1.165, 1.54) is 6.42 Å². The van der Waals surface area contributed by atoms with Crippen LogP contribution in [-0.2, 0) is 0 Å². The number of hydrogen-bond donors (Lipinski definition) is 2. The van der Waals surface area contributed by atoms with Gasteiger partial charge >= 0.3 is 0 Å². The van der Waals surface area contributed by atoms with Crippen LogP contribution >= 0.6 is 0 Å². The molecule has 0 amide bonds. The molecular formula is C23H26N6O2. The number of piperazine rings is 1. The Kier molecular flexibility index (Phi) is 4.61. The van der Waals surface area contributed by atoms with E-state index in [0.29, 0.717) is 35.0 Å². The van der Waals surface area contributed by atoms with Gasteiger partial charge in [-0.2, -0.15) is 10.4 Å². The third kappa shape index (κ3) is 3.60. The molecule has 0 aliphatic carbocycles. The third-order valence-corrected chi connectivity index (χ3v) is 6.13. The first-order valence-corrected chi connectivity index (χ1v) is 10.6. The van der Waals surface area contributed by atoms with Crippen LogP contribution in [0.25, 0.3) is 16.6 Å². The number of nitriles is 1. The van der Waals surface area contributed by atoms with E-state index in [1.54, 1.807) is 30.8 Å². The minimum absolute atomic E-state index is 0.144. The summed E-state index contributed by atoms with van der Waals surface area (Å²) in [6.45, 7) is 6.73. The van der Waals surface area contributed by atoms with Gasteiger partial charge in [0.15, 0.2) is 0 Å². The predicted molar refractivity (Wildman–Crippen MR) is 117 cm³/mol. The second-order valence-electron chi connectivity index (χ2n) is 9.16. The van der Waals surface area contributed by atoms with Crippen molar-refractivity contribution < 1.29 is 9.84 Å². The smallest absolute Gasteiger partial charge is 0.138 e. The number of piperidine rings is 1. The number of rotatable bonds is 5. The van der Waals surface area contributed by atoms with E-state index in [-0.39, 0.29) is 6.61 Å². The fraction of sp³-hybridized carbons (Fsp3) is 0.435. The van der Waals surface area contributed by atoms with Gasteiger partial charge in [0.05, 0.1) is 29.1 Å². The van der Waals surface area contributed by atoms with Gasteiger partial charge in [0, 0.05) is 42.0 Å². The molecule has 0 radical (unpaired) electrons. The summed E-state index contributed by atoms with van der Waals surface area (Å²) in [7, 11) is 0. The number of aromatic nitrogens is 3. The minimum Gasteiger partial charge on any atom is -0.489 e. The van der Waals surface area contributed by atoms with Crippen molar-refractivity contribution >= 4 is 11.3 Å². The maximum Gasteiger partial charge on any atom is 0.138 e. The van der Waals surface area contributed by atoms with Crippen molar-refractivity contribution in [3.8, 4) is 22.9 Å². The summed E-state index contributed by atoms with van der Waals surface area (Å²) in [6.07, 6.45) is 6.36. The van der Waals surface area contributed by atoms with E-state index in [2.05, 4.69) is 28.3 Å². The Hall–Kier alpha value is -3.15. The van der Waals surface area contributed by atoms with E-state index in [0.717, 1.165) is 23.5 Å². The lowest BCUT2D eigenvalue weighted by Crippen LogP contribution is -2.71. The zero-order valence-corrected chi connectivity index (χ0v) is 17.9. The Labute approximate surface area is 181 Å². The van der Waals surface area contributed by atoms with E-state index in [1.807, 2.05) is 24.4 Å². The highest BCUT2D eigenvalue weighted by atomic mass is 16.5. The number of aliphatic hydroxyl groups is 1. The standard InChI is InChI=1S/C23H26N6O2/c1-14-20-6-17(27-20)11-28(14)21-5-4-15(9-25-21)19-7-18(31-13-23(2,3)30)12-29-22(19)16(8-24)10-26-29/h4-5,7,9-10,12,14,17,20,27,30H,6,11,13H2,1-3H3/t14-,17?,20?/m1/s1. The fourth-order valence-corrected chi connectivity index (χ4v) is 4.42. The van der Waals surface area contributed by atoms with Crippen LogP contribution in [0.4, 0.5) is 5.82 Å². The lowest BCUT2D eigenvalue weighted by Gasteiger charge is -2.53. The van der Waals surface area contributed by atoms with E-state index in [4.69, 9.17) is 9.72 Å². The molecule has 2 unspecified atom stereocenters. The summed E-state index contributed by atoms with van der Waals surface area (Å²) in [6, 6.07) is 9.67. The summed E-state index contributed by atoms with van der Waals surface area (Å²) in [5.41, 5.74) is 1.94. The van der Waals surface area contributed by atoms with Crippen LogP contribution in [0, 0.1) is 11.3 Å². The van der Waals surface area contributed by atoms with Crippen molar-refractivity contribution in [1.29, 1.82) is 5.26 Å². The summed E-state index contributed by atoms with van der Waals surface area (Å²) < 4.78 is 7.45. The maximum absolute atomic E-state index is 10.0. The van der Waals surface area contributed by atoms with Crippen LogP contribution in [0.3, 0.4) is 0 Å². The Balaban J connectivity index is 1.51. The zero-order chi connectivity index (χ0) is 21.8. The molecule has 0 saturated carbocycles. The Morgan fingerprint density at radius 1 is 1.35 bits per heavy atom. The number of anilines is 1. The molecule has 3 aromatic rings. The van der Waals surface area contributed by atoms with Crippen LogP contribution in [0.1, 0.15) is 32.8 Å². The SMILES string of the molecule is C[C@@H]1C2CC(CN1c1ccc(-c3cc(OCC(C)(C)O)cn4ncc(C#N)c34)cn1)N2. The lowest BCUT2D eigenvalue weighted by molar-refractivity contribution is 0.0283. The molecule has 2 bridgehead atoms. The van der Waals surface area contributed by atoms with Gasteiger partial charge in [-0.25, -0.2) is 9.50 Å². The molecule has 6 rings (SSSR count). The molecule has 3 aliphatic rings. The molecule has 3 aromatic heterocycles. The first kappa shape index (κ1) is 19.8. The second-order valence-corrected chi connectivity index (χ2v) is 9.16. The first-order valence-electron chi connectivity index (χ1n) is 10.6. The zero-order valence-electron chi connectivity index (χ0n) is 17.9. The Morgan fingerprint density at radius 2 is 2.16 bits per heavy atom. The van der Waals surface area contributed by atoms with Crippen molar-refractivity contribution in [2.24, 2.45) is 0 Å². The molecule has 8 heteroatoms. The molecule has 3 saturated heterocycles. The van der Waals surface area contributed by atoms with E-state index in [9.17, 15) is 10.4 Å². The van der Waals surface area contributed by atoms with Gasteiger partial charge in [-0.1, -0.05) is 0 Å². The molecule has 3 aliphatic heterocycles. The summed E-state index contributed by atoms with van der Waals surface area (Å²) >= 11 is 0. The molecule has 3 atom stereocenters. The van der Waals surface area contributed by atoms with Gasteiger partial charge < -0.3 is 20.1 Å². The van der Waals surface area contributed by atoms with Crippen LogP contribution in [0.2, 0.25) is 0 Å². The van der Waals surface area contributed by atoms with Crippen molar-refractivity contribution in [1.82, 2.24) is 19.9 Å². The molecule has 0 spiro atoms. The monoisotopic (exact) mass is 418 g/mol. The van der Waals surface area contributed by atoms with E-state index >= 15 is 0 Å². The van der Waals surface area contributed by atoms with Crippen molar-refractivity contribution in [3.05, 3.63) is 42.4 Å². The van der Waals surface area contributed by atoms with Gasteiger partial charge in [0.2, 0.25) is 0 Å². The fourth-order valence-electron chi connectivity index (χ4n) is 4.42. The average molecular weight is 419 g/mol. The molecule has 6 heterocycles. The second kappa shape index (κ2) is 7.22.